The molecule has 0 bridgehead atoms. The first-order valence-electron chi connectivity index (χ1n) is 3.63. The predicted octanol–water partition coefficient (Wildman–Crippen LogP) is 1.77. The lowest BCUT2D eigenvalue weighted by molar-refractivity contribution is -0.118. The summed E-state index contributed by atoms with van der Waals surface area (Å²) in [5.41, 5.74) is 0.847. The van der Waals surface area contributed by atoms with Gasteiger partial charge in [-0.25, -0.2) is 0 Å². The van der Waals surface area contributed by atoms with Crippen LogP contribution in [0.15, 0.2) is 24.4 Å². The Morgan fingerprint density at radius 1 is 1.55 bits per heavy atom. The minimum atomic E-state index is -0.0730. The van der Waals surface area contributed by atoms with Crippen molar-refractivity contribution in [1.82, 2.24) is 4.98 Å². The summed E-state index contributed by atoms with van der Waals surface area (Å²) in [4.78, 5) is 15.0. The van der Waals surface area contributed by atoms with Gasteiger partial charge in [0.05, 0.1) is 11.6 Å². The number of hydrogen-bond donors (Lipinski definition) is 0. The molecule has 2 nitrogen and oxygen atoms in total. The lowest BCUT2D eigenvalue weighted by atomic mass is 10.0. The van der Waals surface area contributed by atoms with Gasteiger partial charge in [-0.2, -0.15) is 0 Å². The maximum Gasteiger partial charge on any atom is 0.138 e. The summed E-state index contributed by atoms with van der Waals surface area (Å²) in [7, 11) is 0. The maximum absolute atomic E-state index is 10.9. The highest BCUT2D eigenvalue weighted by atomic mass is 16.1. The van der Waals surface area contributed by atoms with E-state index < -0.39 is 0 Å². The predicted molar refractivity (Wildman–Crippen MR) is 43.3 cm³/mol. The average molecular weight is 149 g/mol. The van der Waals surface area contributed by atoms with Gasteiger partial charge >= 0.3 is 0 Å². The van der Waals surface area contributed by atoms with Gasteiger partial charge in [0.15, 0.2) is 0 Å². The Bertz CT molecular complexity index is 243. The van der Waals surface area contributed by atoms with Crippen LogP contribution in [0.3, 0.4) is 0 Å². The molecule has 0 saturated heterocycles. The molecule has 1 aromatic rings. The first-order valence-corrected chi connectivity index (χ1v) is 3.63. The lowest BCUT2D eigenvalue weighted by Gasteiger charge is -2.04. The summed E-state index contributed by atoms with van der Waals surface area (Å²) >= 11 is 0. The number of carbonyl (C=O) groups is 1. The van der Waals surface area contributed by atoms with Crippen molar-refractivity contribution in [3.8, 4) is 0 Å². The number of aromatic nitrogens is 1. The maximum atomic E-state index is 10.9. The number of carbonyl (C=O) groups excluding carboxylic acids is 1. The Morgan fingerprint density at radius 2 is 2.27 bits per heavy atom. The van der Waals surface area contributed by atoms with Gasteiger partial charge in [-0.05, 0) is 26.0 Å². The van der Waals surface area contributed by atoms with E-state index in [1.807, 2.05) is 25.1 Å². The molecule has 1 rings (SSSR count). The van der Waals surface area contributed by atoms with Crippen molar-refractivity contribution in [3.05, 3.63) is 30.1 Å². The summed E-state index contributed by atoms with van der Waals surface area (Å²) in [6.07, 6.45) is 1.70. The molecule has 1 heterocycles. The van der Waals surface area contributed by atoms with Crippen LogP contribution in [0.25, 0.3) is 0 Å². The first-order chi connectivity index (χ1) is 5.22. The molecule has 0 N–H and O–H groups in total. The van der Waals surface area contributed by atoms with Crippen LogP contribution in [-0.4, -0.2) is 10.8 Å². The molecule has 0 aromatic carbocycles. The molecule has 0 aliphatic rings. The first kappa shape index (κ1) is 7.92. The summed E-state index contributed by atoms with van der Waals surface area (Å²) in [5, 5.41) is 0. The molecule has 0 radical (unpaired) electrons. The highest BCUT2D eigenvalue weighted by molar-refractivity contribution is 5.82. The van der Waals surface area contributed by atoms with E-state index in [0.29, 0.717) is 0 Å². The van der Waals surface area contributed by atoms with Crippen molar-refractivity contribution >= 4 is 5.78 Å². The smallest absolute Gasteiger partial charge is 0.138 e. The molecule has 58 valence electrons. The third-order valence-electron chi connectivity index (χ3n) is 1.74. The molecule has 0 amide bonds. The molecule has 2 heteroatoms. The van der Waals surface area contributed by atoms with Gasteiger partial charge in [-0.3, -0.25) is 9.78 Å². The zero-order valence-electron chi connectivity index (χ0n) is 6.74. The van der Waals surface area contributed by atoms with E-state index in [0.717, 1.165) is 5.69 Å². The fourth-order valence-electron chi connectivity index (χ4n) is 0.840. The third kappa shape index (κ3) is 1.87. The molecule has 0 saturated carbocycles. The standard InChI is InChI=1S/C9H11NO/c1-7(8(2)11)9-5-3-4-6-10-9/h3-7H,1-2H3/t7-/m1/s1. The van der Waals surface area contributed by atoms with Gasteiger partial charge in [0.25, 0.3) is 0 Å². The minimum absolute atomic E-state index is 0.0730. The molecule has 1 atom stereocenters. The number of nitrogens with zero attached hydrogens (tertiary/aromatic N) is 1. The summed E-state index contributed by atoms with van der Waals surface area (Å²) in [6.45, 7) is 3.45. The Hall–Kier alpha value is -1.18. The largest absolute Gasteiger partial charge is 0.299 e. The monoisotopic (exact) mass is 149 g/mol. The molecular weight excluding hydrogens is 138 g/mol. The highest BCUT2D eigenvalue weighted by Crippen LogP contribution is 2.11. The van der Waals surface area contributed by atoms with Crippen LogP contribution in [0.4, 0.5) is 0 Å². The summed E-state index contributed by atoms with van der Waals surface area (Å²) < 4.78 is 0. The van der Waals surface area contributed by atoms with Crippen molar-refractivity contribution < 1.29 is 4.79 Å². The van der Waals surface area contributed by atoms with Crippen LogP contribution in [-0.2, 0) is 4.79 Å². The summed E-state index contributed by atoms with van der Waals surface area (Å²) in [5.74, 6) is 0.0832. The van der Waals surface area contributed by atoms with Crippen LogP contribution >= 0.6 is 0 Å². The average Bonchev–Trinajstić information content (AvgIpc) is 2.05. The number of rotatable bonds is 2. The molecule has 0 unspecified atom stereocenters. The molecule has 1 aromatic heterocycles. The molecule has 0 fully saturated rings. The van der Waals surface area contributed by atoms with E-state index in [1.54, 1.807) is 13.1 Å². The Morgan fingerprint density at radius 3 is 2.73 bits per heavy atom. The fourth-order valence-corrected chi connectivity index (χ4v) is 0.840. The molecule has 0 aliphatic heterocycles. The number of pyridine rings is 1. The molecule has 0 aliphatic carbocycles. The Balaban J connectivity index is 2.85. The van der Waals surface area contributed by atoms with Crippen LogP contribution in [0.1, 0.15) is 25.5 Å². The quantitative estimate of drug-likeness (QED) is 0.641. The van der Waals surface area contributed by atoms with Crippen molar-refractivity contribution in [1.29, 1.82) is 0 Å². The Labute approximate surface area is 66.3 Å². The van der Waals surface area contributed by atoms with E-state index in [1.165, 1.54) is 0 Å². The zero-order chi connectivity index (χ0) is 8.27. The van der Waals surface area contributed by atoms with Crippen molar-refractivity contribution in [3.63, 3.8) is 0 Å². The van der Waals surface area contributed by atoms with Crippen LogP contribution < -0.4 is 0 Å². The van der Waals surface area contributed by atoms with Gasteiger partial charge < -0.3 is 0 Å². The third-order valence-corrected chi connectivity index (χ3v) is 1.74. The number of ketones is 1. The van der Waals surface area contributed by atoms with Gasteiger partial charge in [0.1, 0.15) is 5.78 Å². The zero-order valence-corrected chi connectivity index (χ0v) is 6.74. The van der Waals surface area contributed by atoms with E-state index in [9.17, 15) is 4.79 Å². The van der Waals surface area contributed by atoms with Crippen molar-refractivity contribution in [2.24, 2.45) is 0 Å². The van der Waals surface area contributed by atoms with Gasteiger partial charge in [0, 0.05) is 6.20 Å². The van der Waals surface area contributed by atoms with E-state index >= 15 is 0 Å². The Kier molecular flexibility index (Phi) is 2.36. The molecule has 11 heavy (non-hydrogen) atoms. The summed E-state index contributed by atoms with van der Waals surface area (Å²) in [6, 6.07) is 5.60. The van der Waals surface area contributed by atoms with Crippen LogP contribution in [0, 0.1) is 0 Å². The SMILES string of the molecule is CC(=O)[C@@H](C)c1ccccn1. The van der Waals surface area contributed by atoms with Crippen molar-refractivity contribution in [2.45, 2.75) is 19.8 Å². The lowest BCUT2D eigenvalue weighted by Crippen LogP contribution is -2.05. The van der Waals surface area contributed by atoms with Gasteiger partial charge in [0.2, 0.25) is 0 Å². The van der Waals surface area contributed by atoms with Gasteiger partial charge in [-0.15, -0.1) is 0 Å². The number of Topliss-reactive ketones (excluding diaryl/α,β-unsaturated/α-hetero) is 1. The topological polar surface area (TPSA) is 30.0 Å². The second-order valence-corrected chi connectivity index (χ2v) is 2.59. The number of hydrogen-bond acceptors (Lipinski definition) is 2. The van der Waals surface area contributed by atoms with E-state index in [2.05, 4.69) is 4.98 Å². The van der Waals surface area contributed by atoms with Crippen LogP contribution in [0.2, 0.25) is 0 Å². The van der Waals surface area contributed by atoms with Crippen molar-refractivity contribution in [2.75, 3.05) is 0 Å². The second-order valence-electron chi connectivity index (χ2n) is 2.59. The second kappa shape index (κ2) is 3.28. The molecule has 0 spiro atoms. The van der Waals surface area contributed by atoms with E-state index in [-0.39, 0.29) is 11.7 Å². The normalized spacial score (nSPS) is 12.5. The highest BCUT2D eigenvalue weighted by Gasteiger charge is 2.09. The van der Waals surface area contributed by atoms with E-state index in [4.69, 9.17) is 0 Å². The molecular formula is C9H11NO. The minimum Gasteiger partial charge on any atom is -0.299 e. The van der Waals surface area contributed by atoms with Crippen LogP contribution in [0.5, 0.6) is 0 Å². The van der Waals surface area contributed by atoms with Gasteiger partial charge in [-0.1, -0.05) is 6.07 Å². The fraction of sp³-hybridized carbons (Fsp3) is 0.333.